The molecule has 0 aromatic heterocycles. The summed E-state index contributed by atoms with van der Waals surface area (Å²) in [4.78, 5) is 0. The van der Waals surface area contributed by atoms with E-state index in [0.29, 0.717) is 0 Å². The van der Waals surface area contributed by atoms with Crippen LogP contribution >= 0.6 is 22.6 Å². The number of nitrogens with two attached hydrogens (primary N) is 1. The third-order valence-electron chi connectivity index (χ3n) is 2.10. The predicted molar refractivity (Wildman–Crippen MR) is 69.6 cm³/mol. The Kier molecular flexibility index (Phi) is 4.66. The average Bonchev–Trinajstić information content (AvgIpc) is 2.17. The van der Waals surface area contributed by atoms with Crippen LogP contribution in [0.5, 0.6) is 11.5 Å². The van der Waals surface area contributed by atoms with Gasteiger partial charge in [-0.05, 0) is 47.6 Å². The van der Waals surface area contributed by atoms with Crippen LogP contribution in [0, 0.1) is 3.57 Å². The van der Waals surface area contributed by atoms with Crippen LogP contribution in [0.2, 0.25) is 0 Å². The molecule has 4 heteroatoms. The summed E-state index contributed by atoms with van der Waals surface area (Å²) in [6.07, 6.45) is 0.809. The van der Waals surface area contributed by atoms with Gasteiger partial charge in [-0.2, -0.15) is 0 Å². The van der Waals surface area contributed by atoms with Crippen LogP contribution in [0.15, 0.2) is 12.1 Å². The van der Waals surface area contributed by atoms with Crippen LogP contribution in [0.4, 0.5) is 0 Å². The summed E-state index contributed by atoms with van der Waals surface area (Å²) in [6, 6.07) is 4.09. The van der Waals surface area contributed by atoms with Gasteiger partial charge < -0.3 is 15.2 Å². The Labute approximate surface area is 104 Å². The molecule has 0 amide bonds. The predicted octanol–water partition coefficient (Wildman–Crippen LogP) is 2.20. The summed E-state index contributed by atoms with van der Waals surface area (Å²) >= 11 is 2.24. The highest BCUT2D eigenvalue weighted by Crippen LogP contribution is 2.30. The number of rotatable bonds is 4. The molecule has 1 aromatic carbocycles. The third-order valence-corrected chi connectivity index (χ3v) is 2.94. The van der Waals surface area contributed by atoms with E-state index < -0.39 is 0 Å². The van der Waals surface area contributed by atoms with Crippen LogP contribution in [-0.2, 0) is 6.42 Å². The normalized spacial score (nSPS) is 12.3. The van der Waals surface area contributed by atoms with E-state index in [2.05, 4.69) is 28.7 Å². The summed E-state index contributed by atoms with van der Waals surface area (Å²) in [6.45, 7) is 1.98. The first-order valence-electron chi connectivity index (χ1n) is 4.74. The van der Waals surface area contributed by atoms with Crippen molar-refractivity contribution in [2.75, 3.05) is 14.2 Å². The first-order valence-corrected chi connectivity index (χ1v) is 5.82. The Hall–Kier alpha value is -0.490. The molecule has 0 heterocycles. The molecule has 0 aliphatic rings. The van der Waals surface area contributed by atoms with E-state index in [-0.39, 0.29) is 6.04 Å². The standard InChI is InChI=1S/C11H16INO2/c1-7(13)4-8-5-9(12)11(15-3)6-10(8)14-2/h5-7H,4,13H2,1-3H3/t7-/m1/s1. The van der Waals surface area contributed by atoms with Gasteiger partial charge in [0, 0.05) is 12.1 Å². The SMILES string of the molecule is COc1cc(OC)c(C[C@@H](C)N)cc1I. The molecule has 84 valence electrons. The fourth-order valence-electron chi connectivity index (χ4n) is 1.43. The zero-order chi connectivity index (χ0) is 11.4. The van der Waals surface area contributed by atoms with Gasteiger partial charge >= 0.3 is 0 Å². The Morgan fingerprint density at radius 1 is 1.27 bits per heavy atom. The highest BCUT2D eigenvalue weighted by molar-refractivity contribution is 14.1. The average molecular weight is 321 g/mol. The van der Waals surface area contributed by atoms with Gasteiger partial charge in [0.25, 0.3) is 0 Å². The van der Waals surface area contributed by atoms with E-state index in [1.165, 1.54) is 0 Å². The van der Waals surface area contributed by atoms with Crippen molar-refractivity contribution in [2.24, 2.45) is 5.73 Å². The van der Waals surface area contributed by atoms with Crippen LogP contribution < -0.4 is 15.2 Å². The second-order valence-corrected chi connectivity index (χ2v) is 4.64. The molecule has 0 saturated carbocycles. The van der Waals surface area contributed by atoms with Crippen molar-refractivity contribution >= 4 is 22.6 Å². The molecule has 3 nitrogen and oxygen atoms in total. The van der Waals surface area contributed by atoms with Crippen LogP contribution in [0.25, 0.3) is 0 Å². The molecule has 1 rings (SSSR count). The maximum absolute atomic E-state index is 5.78. The Morgan fingerprint density at radius 3 is 2.33 bits per heavy atom. The highest BCUT2D eigenvalue weighted by atomic mass is 127. The number of hydrogen-bond donors (Lipinski definition) is 1. The van der Waals surface area contributed by atoms with E-state index in [1.54, 1.807) is 14.2 Å². The molecular formula is C11H16INO2. The maximum Gasteiger partial charge on any atom is 0.135 e. The van der Waals surface area contributed by atoms with Gasteiger partial charge in [-0.25, -0.2) is 0 Å². The lowest BCUT2D eigenvalue weighted by molar-refractivity contribution is 0.388. The molecule has 0 saturated heterocycles. The number of benzene rings is 1. The van der Waals surface area contributed by atoms with Crippen LogP contribution in [0.1, 0.15) is 12.5 Å². The van der Waals surface area contributed by atoms with Crippen molar-refractivity contribution in [2.45, 2.75) is 19.4 Å². The summed E-state index contributed by atoms with van der Waals surface area (Å²) in [5.41, 5.74) is 6.90. The van der Waals surface area contributed by atoms with Gasteiger partial charge in [-0.1, -0.05) is 0 Å². The minimum Gasteiger partial charge on any atom is -0.496 e. The first kappa shape index (κ1) is 12.6. The van der Waals surface area contributed by atoms with Gasteiger partial charge in [0.1, 0.15) is 11.5 Å². The van der Waals surface area contributed by atoms with Crippen molar-refractivity contribution in [3.05, 3.63) is 21.3 Å². The third kappa shape index (κ3) is 3.24. The lowest BCUT2D eigenvalue weighted by Gasteiger charge is -2.13. The first-order chi connectivity index (χ1) is 7.08. The molecule has 0 aliphatic carbocycles. The summed E-state index contributed by atoms with van der Waals surface area (Å²) in [7, 11) is 3.31. The smallest absolute Gasteiger partial charge is 0.135 e. The lowest BCUT2D eigenvalue weighted by atomic mass is 10.1. The highest BCUT2D eigenvalue weighted by Gasteiger charge is 2.10. The summed E-state index contributed by atoms with van der Waals surface area (Å²) in [5.74, 6) is 1.67. The second-order valence-electron chi connectivity index (χ2n) is 3.48. The zero-order valence-corrected chi connectivity index (χ0v) is 11.4. The van der Waals surface area contributed by atoms with E-state index in [0.717, 1.165) is 27.1 Å². The molecule has 0 fully saturated rings. The second kappa shape index (κ2) is 5.55. The molecule has 0 bridgehead atoms. The van der Waals surface area contributed by atoms with Gasteiger partial charge in [0.2, 0.25) is 0 Å². The molecule has 0 spiro atoms. The monoisotopic (exact) mass is 321 g/mol. The Morgan fingerprint density at radius 2 is 1.87 bits per heavy atom. The lowest BCUT2D eigenvalue weighted by Crippen LogP contribution is -2.18. The minimum atomic E-state index is 0.128. The Bertz CT molecular complexity index is 340. The molecular weight excluding hydrogens is 305 g/mol. The van der Waals surface area contributed by atoms with Crippen molar-refractivity contribution in [3.63, 3.8) is 0 Å². The molecule has 0 radical (unpaired) electrons. The van der Waals surface area contributed by atoms with Gasteiger partial charge in [-0.3, -0.25) is 0 Å². The quantitative estimate of drug-likeness (QED) is 0.865. The number of ether oxygens (including phenoxy) is 2. The van der Waals surface area contributed by atoms with Gasteiger partial charge in [0.15, 0.2) is 0 Å². The summed E-state index contributed by atoms with van der Waals surface area (Å²) in [5, 5.41) is 0. The van der Waals surface area contributed by atoms with Crippen molar-refractivity contribution in [3.8, 4) is 11.5 Å². The van der Waals surface area contributed by atoms with Gasteiger partial charge in [0.05, 0.1) is 17.8 Å². The van der Waals surface area contributed by atoms with E-state index in [9.17, 15) is 0 Å². The topological polar surface area (TPSA) is 44.5 Å². The summed E-state index contributed by atoms with van der Waals surface area (Å²) < 4.78 is 11.6. The van der Waals surface area contributed by atoms with E-state index >= 15 is 0 Å². The fourth-order valence-corrected chi connectivity index (χ4v) is 2.18. The Balaban J connectivity index is 3.09. The molecule has 2 N–H and O–H groups in total. The molecule has 15 heavy (non-hydrogen) atoms. The van der Waals surface area contributed by atoms with Crippen molar-refractivity contribution < 1.29 is 9.47 Å². The minimum absolute atomic E-state index is 0.128. The van der Waals surface area contributed by atoms with Crippen LogP contribution in [0.3, 0.4) is 0 Å². The zero-order valence-electron chi connectivity index (χ0n) is 9.21. The molecule has 0 aliphatic heterocycles. The molecule has 1 aromatic rings. The van der Waals surface area contributed by atoms with E-state index in [4.69, 9.17) is 15.2 Å². The molecule has 1 atom stereocenters. The van der Waals surface area contributed by atoms with Crippen molar-refractivity contribution in [1.82, 2.24) is 0 Å². The number of methoxy groups -OCH3 is 2. The van der Waals surface area contributed by atoms with E-state index in [1.807, 2.05) is 13.0 Å². The van der Waals surface area contributed by atoms with Crippen LogP contribution in [-0.4, -0.2) is 20.3 Å². The fraction of sp³-hybridized carbons (Fsp3) is 0.455. The maximum atomic E-state index is 5.78. The molecule has 0 unspecified atom stereocenters. The number of hydrogen-bond acceptors (Lipinski definition) is 3. The number of halogens is 1. The van der Waals surface area contributed by atoms with Gasteiger partial charge in [-0.15, -0.1) is 0 Å². The largest absolute Gasteiger partial charge is 0.496 e. The van der Waals surface area contributed by atoms with Crippen molar-refractivity contribution in [1.29, 1.82) is 0 Å².